The van der Waals surface area contributed by atoms with Gasteiger partial charge in [0.2, 0.25) is 11.8 Å². The second kappa shape index (κ2) is 11.0. The van der Waals surface area contributed by atoms with Crippen molar-refractivity contribution in [3.05, 3.63) is 108 Å². The summed E-state index contributed by atoms with van der Waals surface area (Å²) in [6.07, 6.45) is 0.435. The summed E-state index contributed by atoms with van der Waals surface area (Å²) in [4.78, 5) is 4.77. The van der Waals surface area contributed by atoms with Crippen LogP contribution in [0.15, 0.2) is 91.0 Å². The summed E-state index contributed by atoms with van der Waals surface area (Å²) >= 11 is 0. The van der Waals surface area contributed by atoms with Crippen LogP contribution in [0, 0.1) is 0 Å². The van der Waals surface area contributed by atoms with Gasteiger partial charge >= 0.3 is 0 Å². The lowest BCUT2D eigenvalue weighted by Gasteiger charge is -2.13. The highest BCUT2D eigenvalue weighted by Crippen LogP contribution is 2.36. The summed E-state index contributed by atoms with van der Waals surface area (Å²) in [5.74, 6) is 0.976. The van der Waals surface area contributed by atoms with E-state index in [1.54, 1.807) is 0 Å². The molecule has 0 bridgehead atoms. The molecule has 3 aromatic carbocycles. The molecule has 0 atom stereocenters. The number of fused-ring (bicyclic) bond motifs is 1. The van der Waals surface area contributed by atoms with Gasteiger partial charge in [0.1, 0.15) is 18.9 Å². The van der Waals surface area contributed by atoms with Gasteiger partial charge in [0.25, 0.3) is 0 Å². The fourth-order valence-corrected chi connectivity index (χ4v) is 4.74. The highest BCUT2D eigenvalue weighted by molar-refractivity contribution is 5.96. The van der Waals surface area contributed by atoms with Crippen molar-refractivity contribution in [3.63, 3.8) is 0 Å². The van der Waals surface area contributed by atoms with E-state index in [2.05, 4.69) is 12.1 Å². The minimum atomic E-state index is -0.230. The molecule has 7 heteroatoms. The maximum absolute atomic E-state index is 6.29. The molecule has 38 heavy (non-hydrogen) atoms. The molecule has 1 saturated heterocycles. The van der Waals surface area contributed by atoms with E-state index in [0.29, 0.717) is 44.6 Å². The van der Waals surface area contributed by atoms with Crippen molar-refractivity contribution in [2.45, 2.75) is 25.9 Å². The average Bonchev–Trinajstić information content (AvgIpc) is 3.60. The first-order chi connectivity index (χ1) is 18.7. The van der Waals surface area contributed by atoms with E-state index in [0.717, 1.165) is 38.9 Å². The first-order valence-electron chi connectivity index (χ1n) is 12.8. The number of ether oxygens (including phenoxy) is 4. The zero-order valence-electron chi connectivity index (χ0n) is 21.2. The van der Waals surface area contributed by atoms with Crippen LogP contribution in [0.5, 0.6) is 11.8 Å². The monoisotopic (exact) mass is 507 g/mol. The quantitative estimate of drug-likeness (QED) is 0.255. The van der Waals surface area contributed by atoms with Crippen molar-refractivity contribution in [1.29, 1.82) is 0 Å². The predicted molar refractivity (Wildman–Crippen MR) is 145 cm³/mol. The molecule has 0 amide bonds. The minimum Gasteiger partial charge on any atom is -0.473 e. The van der Waals surface area contributed by atoms with Crippen LogP contribution in [0.2, 0.25) is 0 Å². The fraction of sp³-hybridized carbons (Fsp3) is 0.226. The van der Waals surface area contributed by atoms with E-state index in [-0.39, 0.29) is 6.29 Å². The third-order valence-electron chi connectivity index (χ3n) is 6.56. The third-order valence-corrected chi connectivity index (χ3v) is 6.56. The summed E-state index contributed by atoms with van der Waals surface area (Å²) < 4.78 is 25.6. The van der Waals surface area contributed by atoms with Crippen LogP contribution in [-0.4, -0.2) is 34.3 Å². The fourth-order valence-electron chi connectivity index (χ4n) is 4.74. The van der Waals surface area contributed by atoms with Gasteiger partial charge in [-0.2, -0.15) is 10.1 Å². The Morgan fingerprint density at radius 2 is 1.47 bits per heavy atom. The molecule has 6 rings (SSSR count). The molecule has 3 heterocycles. The van der Waals surface area contributed by atoms with Crippen LogP contribution in [-0.2, 0) is 36.2 Å². The molecule has 1 aliphatic heterocycles. The first kappa shape index (κ1) is 24.2. The van der Waals surface area contributed by atoms with Gasteiger partial charge in [0, 0.05) is 24.9 Å². The average molecular weight is 508 g/mol. The molecule has 0 spiro atoms. The van der Waals surface area contributed by atoms with Crippen LogP contribution in [0.1, 0.15) is 16.7 Å². The second-order valence-electron chi connectivity index (χ2n) is 9.21. The predicted octanol–water partition coefficient (Wildman–Crippen LogP) is 5.71. The first-order valence-corrected chi connectivity index (χ1v) is 12.8. The minimum absolute atomic E-state index is 0.230. The lowest BCUT2D eigenvalue weighted by atomic mass is 10.0. The molecule has 7 nitrogen and oxygen atoms in total. The van der Waals surface area contributed by atoms with Gasteiger partial charge in [-0.25, -0.2) is 0 Å². The molecule has 0 radical (unpaired) electrons. The summed E-state index contributed by atoms with van der Waals surface area (Å²) in [6.45, 7) is 2.06. The Labute approximate surface area is 221 Å². The zero-order chi connectivity index (χ0) is 25.7. The molecule has 1 fully saturated rings. The maximum atomic E-state index is 6.29. The van der Waals surface area contributed by atoms with Gasteiger partial charge in [-0.15, -0.1) is 0 Å². The Bertz CT molecular complexity index is 1510. The molecule has 0 aliphatic carbocycles. The smallest absolute Gasteiger partial charge is 0.226 e. The Kier molecular flexibility index (Phi) is 7.02. The standard InChI is InChI=1S/C31H29N3O4/c1-34-30-24(19-28-35-17-18-36-28)13-8-14-25(30)29(33-34)26-15-16-27(37-20-22-9-4-2-5-10-22)32-31(26)38-21-23-11-6-3-7-12-23/h2-16,28H,17-21H2,1H3. The van der Waals surface area contributed by atoms with Crippen LogP contribution in [0.4, 0.5) is 0 Å². The molecule has 0 saturated carbocycles. The number of aryl methyl sites for hydroxylation is 1. The van der Waals surface area contributed by atoms with E-state index in [9.17, 15) is 0 Å². The van der Waals surface area contributed by atoms with Crippen molar-refractivity contribution in [3.8, 4) is 23.0 Å². The summed E-state index contributed by atoms with van der Waals surface area (Å²) in [5.41, 5.74) is 5.91. The Morgan fingerprint density at radius 3 is 2.18 bits per heavy atom. The summed E-state index contributed by atoms with van der Waals surface area (Å²) in [7, 11) is 1.96. The highest BCUT2D eigenvalue weighted by Gasteiger charge is 2.22. The molecule has 0 N–H and O–H groups in total. The van der Waals surface area contributed by atoms with Crippen molar-refractivity contribution < 1.29 is 18.9 Å². The Hall–Kier alpha value is -4.20. The van der Waals surface area contributed by atoms with Gasteiger partial charge in [0.15, 0.2) is 6.29 Å². The van der Waals surface area contributed by atoms with Gasteiger partial charge in [-0.05, 0) is 22.8 Å². The van der Waals surface area contributed by atoms with Crippen LogP contribution in [0.25, 0.3) is 22.2 Å². The summed E-state index contributed by atoms with van der Waals surface area (Å²) in [5, 5.41) is 5.93. The van der Waals surface area contributed by atoms with Crippen molar-refractivity contribution >= 4 is 10.9 Å². The van der Waals surface area contributed by atoms with Crippen LogP contribution >= 0.6 is 0 Å². The van der Waals surface area contributed by atoms with Crippen molar-refractivity contribution in [2.24, 2.45) is 7.05 Å². The van der Waals surface area contributed by atoms with E-state index >= 15 is 0 Å². The highest BCUT2D eigenvalue weighted by atomic mass is 16.7. The number of nitrogens with zero attached hydrogens (tertiary/aromatic N) is 3. The Balaban J connectivity index is 1.35. The number of pyridine rings is 1. The molecule has 192 valence electrons. The SMILES string of the molecule is Cn1nc(-c2ccc(OCc3ccccc3)nc2OCc2ccccc2)c2cccc(CC3OCCO3)c21. The molecule has 0 unspecified atom stereocenters. The van der Waals surface area contributed by atoms with Gasteiger partial charge in [-0.1, -0.05) is 78.9 Å². The largest absolute Gasteiger partial charge is 0.473 e. The van der Waals surface area contributed by atoms with Gasteiger partial charge < -0.3 is 18.9 Å². The molecule has 5 aromatic rings. The van der Waals surface area contributed by atoms with Gasteiger partial charge in [0.05, 0.1) is 24.3 Å². The van der Waals surface area contributed by atoms with Crippen LogP contribution in [0.3, 0.4) is 0 Å². The number of aromatic nitrogens is 3. The Morgan fingerprint density at radius 1 is 0.789 bits per heavy atom. The maximum Gasteiger partial charge on any atom is 0.226 e. The number of hydrogen-bond acceptors (Lipinski definition) is 6. The van der Waals surface area contributed by atoms with E-state index < -0.39 is 0 Å². The third kappa shape index (κ3) is 5.25. The lowest BCUT2D eigenvalue weighted by molar-refractivity contribution is -0.0398. The van der Waals surface area contributed by atoms with Gasteiger partial charge in [-0.3, -0.25) is 4.68 Å². The zero-order valence-corrected chi connectivity index (χ0v) is 21.2. The molecular formula is C31H29N3O4. The molecule has 2 aromatic heterocycles. The number of rotatable bonds is 9. The second-order valence-corrected chi connectivity index (χ2v) is 9.21. The number of benzene rings is 3. The normalized spacial score (nSPS) is 13.7. The topological polar surface area (TPSA) is 67.6 Å². The van der Waals surface area contributed by atoms with E-state index in [1.165, 1.54) is 0 Å². The lowest BCUT2D eigenvalue weighted by Crippen LogP contribution is -2.12. The molecular weight excluding hydrogens is 478 g/mol. The van der Waals surface area contributed by atoms with Crippen molar-refractivity contribution in [2.75, 3.05) is 13.2 Å². The van der Waals surface area contributed by atoms with E-state index in [4.69, 9.17) is 29.0 Å². The summed E-state index contributed by atoms with van der Waals surface area (Å²) in [6, 6.07) is 30.2. The molecule has 1 aliphatic rings. The number of hydrogen-bond donors (Lipinski definition) is 0. The van der Waals surface area contributed by atoms with E-state index in [1.807, 2.05) is 90.6 Å². The van der Waals surface area contributed by atoms with Crippen molar-refractivity contribution in [1.82, 2.24) is 14.8 Å². The van der Waals surface area contributed by atoms with Crippen LogP contribution < -0.4 is 9.47 Å². The number of para-hydroxylation sites is 1.